The number of anilines is 3. The van der Waals surface area contributed by atoms with Crippen LogP contribution in [0.15, 0.2) is 59.2 Å². The highest BCUT2D eigenvalue weighted by molar-refractivity contribution is 9.10. The first-order valence-electron chi connectivity index (χ1n) is 7.21. The maximum Gasteiger partial charge on any atom is 0.225 e. The number of pyridine rings is 1. The van der Waals surface area contributed by atoms with Crippen molar-refractivity contribution in [2.45, 2.75) is 13.5 Å². The summed E-state index contributed by atoms with van der Waals surface area (Å²) in [5.74, 6) is 1.33. The maximum atomic E-state index is 4.49. The Bertz CT molecular complexity index is 775. The van der Waals surface area contributed by atoms with Gasteiger partial charge >= 0.3 is 0 Å². The van der Waals surface area contributed by atoms with Gasteiger partial charge in [-0.05, 0) is 43.3 Å². The molecule has 1 aromatic carbocycles. The van der Waals surface area contributed by atoms with E-state index in [1.54, 1.807) is 6.20 Å². The van der Waals surface area contributed by atoms with Gasteiger partial charge in [-0.15, -0.1) is 0 Å². The molecule has 0 amide bonds. The Morgan fingerprint density at radius 1 is 1.04 bits per heavy atom. The lowest BCUT2D eigenvalue weighted by molar-refractivity contribution is 0.991. The summed E-state index contributed by atoms with van der Waals surface area (Å²) in [5, 5.41) is 6.49. The second-order valence-electron chi connectivity index (χ2n) is 5.02. The highest BCUT2D eigenvalue weighted by atomic mass is 79.9. The lowest BCUT2D eigenvalue weighted by Crippen LogP contribution is -2.07. The van der Waals surface area contributed by atoms with Crippen molar-refractivity contribution >= 4 is 33.4 Å². The summed E-state index contributed by atoms with van der Waals surface area (Å²) in [6.07, 6.45) is 1.77. The fourth-order valence-electron chi connectivity index (χ4n) is 2.07. The summed E-state index contributed by atoms with van der Waals surface area (Å²) < 4.78 is 1.04. The van der Waals surface area contributed by atoms with Crippen molar-refractivity contribution in [2.75, 3.05) is 10.6 Å². The van der Waals surface area contributed by atoms with Gasteiger partial charge in [-0.1, -0.05) is 22.0 Å². The normalized spacial score (nSPS) is 10.3. The molecule has 2 heterocycles. The van der Waals surface area contributed by atoms with E-state index in [0.29, 0.717) is 12.5 Å². The highest BCUT2D eigenvalue weighted by Gasteiger charge is 2.03. The average molecular weight is 370 g/mol. The first kappa shape index (κ1) is 15.4. The van der Waals surface area contributed by atoms with Crippen LogP contribution in [0.1, 0.15) is 11.4 Å². The molecule has 0 radical (unpaired) electrons. The van der Waals surface area contributed by atoms with Crippen LogP contribution < -0.4 is 10.6 Å². The minimum absolute atomic E-state index is 0.579. The Labute approximate surface area is 143 Å². The summed E-state index contributed by atoms with van der Waals surface area (Å²) in [6, 6.07) is 15.7. The Balaban J connectivity index is 1.72. The van der Waals surface area contributed by atoms with Crippen LogP contribution in [0.4, 0.5) is 17.5 Å². The standard InChI is InChI=1S/C17H16BrN5/c1-12-10-16(22-14-7-5-13(18)6-8-14)23-17(21-12)20-11-15-4-2-3-9-19-15/h2-10H,11H2,1H3,(H2,20,21,22,23). The smallest absolute Gasteiger partial charge is 0.225 e. The molecule has 116 valence electrons. The second kappa shape index (κ2) is 7.19. The molecule has 0 unspecified atom stereocenters. The van der Waals surface area contributed by atoms with Crippen LogP contribution in [-0.4, -0.2) is 15.0 Å². The molecule has 0 fully saturated rings. The summed E-state index contributed by atoms with van der Waals surface area (Å²) in [7, 11) is 0. The molecule has 23 heavy (non-hydrogen) atoms. The van der Waals surface area contributed by atoms with Crippen molar-refractivity contribution in [2.24, 2.45) is 0 Å². The molecule has 0 aliphatic carbocycles. The van der Waals surface area contributed by atoms with E-state index in [1.165, 1.54) is 0 Å². The number of hydrogen-bond donors (Lipinski definition) is 2. The molecule has 6 heteroatoms. The van der Waals surface area contributed by atoms with Crippen molar-refractivity contribution in [1.29, 1.82) is 0 Å². The SMILES string of the molecule is Cc1cc(Nc2ccc(Br)cc2)nc(NCc2ccccn2)n1. The van der Waals surface area contributed by atoms with Crippen LogP contribution in [0.3, 0.4) is 0 Å². The molecule has 0 atom stereocenters. The molecule has 0 saturated carbocycles. The van der Waals surface area contributed by atoms with Crippen molar-refractivity contribution in [3.8, 4) is 0 Å². The molecule has 5 nitrogen and oxygen atoms in total. The van der Waals surface area contributed by atoms with Gasteiger partial charge in [-0.3, -0.25) is 4.98 Å². The van der Waals surface area contributed by atoms with Crippen LogP contribution in [0, 0.1) is 6.92 Å². The zero-order chi connectivity index (χ0) is 16.1. The van der Waals surface area contributed by atoms with Crippen LogP contribution in [-0.2, 0) is 6.54 Å². The Morgan fingerprint density at radius 2 is 1.87 bits per heavy atom. The molecule has 2 aromatic heterocycles. The third-order valence-electron chi connectivity index (χ3n) is 3.12. The molecule has 0 bridgehead atoms. The number of aryl methyl sites for hydroxylation is 1. The van der Waals surface area contributed by atoms with Gasteiger partial charge in [0.2, 0.25) is 5.95 Å². The van der Waals surface area contributed by atoms with Gasteiger partial charge < -0.3 is 10.6 Å². The van der Waals surface area contributed by atoms with Crippen molar-refractivity contribution in [1.82, 2.24) is 15.0 Å². The lowest BCUT2D eigenvalue weighted by Gasteiger charge is -2.10. The quantitative estimate of drug-likeness (QED) is 0.701. The zero-order valence-electron chi connectivity index (χ0n) is 12.6. The number of benzene rings is 1. The van der Waals surface area contributed by atoms with Crippen LogP contribution >= 0.6 is 15.9 Å². The van der Waals surface area contributed by atoms with Gasteiger partial charge in [0.1, 0.15) is 5.82 Å². The molecule has 0 saturated heterocycles. The summed E-state index contributed by atoms with van der Waals surface area (Å²) >= 11 is 3.43. The summed E-state index contributed by atoms with van der Waals surface area (Å²) in [4.78, 5) is 13.2. The number of aromatic nitrogens is 3. The maximum absolute atomic E-state index is 4.49. The molecule has 3 aromatic rings. The number of nitrogens with zero attached hydrogens (tertiary/aromatic N) is 3. The average Bonchev–Trinajstić information content (AvgIpc) is 2.56. The third-order valence-corrected chi connectivity index (χ3v) is 3.65. The van der Waals surface area contributed by atoms with E-state index in [4.69, 9.17) is 0 Å². The molecular formula is C17H16BrN5. The van der Waals surface area contributed by atoms with E-state index in [-0.39, 0.29) is 0 Å². The highest BCUT2D eigenvalue weighted by Crippen LogP contribution is 2.19. The molecule has 2 N–H and O–H groups in total. The lowest BCUT2D eigenvalue weighted by atomic mass is 10.3. The molecular weight excluding hydrogens is 354 g/mol. The zero-order valence-corrected chi connectivity index (χ0v) is 14.2. The minimum atomic E-state index is 0.579. The summed E-state index contributed by atoms with van der Waals surface area (Å²) in [5.41, 5.74) is 2.81. The Morgan fingerprint density at radius 3 is 2.61 bits per heavy atom. The number of nitrogens with one attached hydrogen (secondary N) is 2. The largest absolute Gasteiger partial charge is 0.349 e. The van der Waals surface area contributed by atoms with Crippen LogP contribution in [0.25, 0.3) is 0 Å². The van der Waals surface area contributed by atoms with Crippen LogP contribution in [0.2, 0.25) is 0 Å². The predicted molar refractivity (Wildman–Crippen MR) is 95.8 cm³/mol. The predicted octanol–water partition coefficient (Wildman–Crippen LogP) is 4.30. The second-order valence-corrected chi connectivity index (χ2v) is 5.94. The van der Waals surface area contributed by atoms with Gasteiger partial charge in [0.25, 0.3) is 0 Å². The Kier molecular flexibility index (Phi) is 4.83. The van der Waals surface area contributed by atoms with Crippen molar-refractivity contribution < 1.29 is 0 Å². The molecule has 0 spiro atoms. The van der Waals surface area contributed by atoms with Crippen LogP contribution in [0.5, 0.6) is 0 Å². The fourth-order valence-corrected chi connectivity index (χ4v) is 2.33. The minimum Gasteiger partial charge on any atom is -0.349 e. The topological polar surface area (TPSA) is 62.7 Å². The Hall–Kier alpha value is -2.47. The summed E-state index contributed by atoms with van der Waals surface area (Å²) in [6.45, 7) is 2.53. The first-order valence-corrected chi connectivity index (χ1v) is 8.00. The molecule has 0 aliphatic rings. The van der Waals surface area contributed by atoms with Gasteiger partial charge in [0.15, 0.2) is 0 Å². The van der Waals surface area contributed by atoms with Crippen molar-refractivity contribution in [3.05, 3.63) is 70.6 Å². The third kappa shape index (κ3) is 4.50. The van der Waals surface area contributed by atoms with Gasteiger partial charge in [-0.2, -0.15) is 4.98 Å². The van der Waals surface area contributed by atoms with Crippen molar-refractivity contribution in [3.63, 3.8) is 0 Å². The number of hydrogen-bond acceptors (Lipinski definition) is 5. The van der Waals surface area contributed by atoms with E-state index in [0.717, 1.165) is 27.4 Å². The van der Waals surface area contributed by atoms with Gasteiger partial charge in [-0.25, -0.2) is 4.98 Å². The van der Waals surface area contributed by atoms with E-state index in [2.05, 4.69) is 41.5 Å². The van der Waals surface area contributed by atoms with Gasteiger partial charge in [0, 0.05) is 28.1 Å². The van der Waals surface area contributed by atoms with E-state index >= 15 is 0 Å². The van der Waals surface area contributed by atoms with E-state index in [1.807, 2.05) is 55.5 Å². The molecule has 0 aliphatic heterocycles. The van der Waals surface area contributed by atoms with Gasteiger partial charge in [0.05, 0.1) is 12.2 Å². The molecule has 3 rings (SSSR count). The van der Waals surface area contributed by atoms with E-state index < -0.39 is 0 Å². The van der Waals surface area contributed by atoms with E-state index in [9.17, 15) is 0 Å². The number of rotatable bonds is 5. The first-order chi connectivity index (χ1) is 11.2. The number of halogens is 1. The fraction of sp³-hybridized carbons (Fsp3) is 0.118. The monoisotopic (exact) mass is 369 g/mol.